The van der Waals surface area contributed by atoms with Gasteiger partial charge in [0.15, 0.2) is 0 Å². The van der Waals surface area contributed by atoms with Crippen LogP contribution in [0.1, 0.15) is 28.4 Å². The maximum Gasteiger partial charge on any atom is 0.337 e. The first-order chi connectivity index (χ1) is 8.38. The summed E-state index contributed by atoms with van der Waals surface area (Å²) in [4.78, 5) is 10.8. The first-order valence-corrected chi connectivity index (χ1v) is 5.66. The highest BCUT2D eigenvalue weighted by Gasteiger charge is 2.23. The van der Waals surface area contributed by atoms with Crippen LogP contribution in [-0.2, 0) is 0 Å². The first kappa shape index (κ1) is 14.7. The molecule has 0 saturated heterocycles. The molecule has 0 heterocycles. The lowest BCUT2D eigenvalue weighted by Gasteiger charge is -2.18. The average molecular weight is 278 g/mol. The average Bonchev–Trinajstić information content (AvgIpc) is 2.28. The highest BCUT2D eigenvalue weighted by Crippen LogP contribution is 2.26. The number of anilines is 1. The molecule has 1 aromatic carbocycles. The van der Waals surface area contributed by atoms with Crippen molar-refractivity contribution in [2.24, 2.45) is 0 Å². The molecule has 0 saturated carbocycles. The van der Waals surface area contributed by atoms with Crippen molar-refractivity contribution >= 4 is 23.3 Å². The van der Waals surface area contributed by atoms with Gasteiger partial charge in [-0.2, -0.15) is 0 Å². The number of carbonyl (C=O) groups is 1. The minimum Gasteiger partial charge on any atom is -0.478 e. The molecular weight excluding hydrogens is 265 g/mol. The number of aliphatic hydroxyl groups is 2. The molecule has 0 radical (unpaired) electrons. The van der Waals surface area contributed by atoms with E-state index in [0.29, 0.717) is 0 Å². The second-order valence-corrected chi connectivity index (χ2v) is 4.13. The van der Waals surface area contributed by atoms with Crippen molar-refractivity contribution in [2.45, 2.75) is 18.6 Å². The predicted molar refractivity (Wildman–Crippen MR) is 64.1 cm³/mol. The van der Waals surface area contributed by atoms with Crippen molar-refractivity contribution in [2.75, 3.05) is 11.6 Å². The molecule has 2 atom stereocenters. The van der Waals surface area contributed by atoms with E-state index in [0.717, 1.165) is 12.1 Å². The molecular formula is C11H13ClFNO4. The monoisotopic (exact) mass is 277 g/mol. The van der Waals surface area contributed by atoms with E-state index in [4.69, 9.17) is 22.4 Å². The SMILES string of the molecule is Nc1cc(F)c(C(O)C(O)CCCl)cc1C(=O)O. The van der Waals surface area contributed by atoms with Gasteiger partial charge in [0.05, 0.1) is 11.7 Å². The van der Waals surface area contributed by atoms with E-state index in [9.17, 15) is 19.4 Å². The number of nitrogens with two attached hydrogens (primary N) is 1. The Labute approximate surface area is 108 Å². The van der Waals surface area contributed by atoms with Crippen LogP contribution in [0.25, 0.3) is 0 Å². The molecule has 0 aliphatic rings. The van der Waals surface area contributed by atoms with Crippen molar-refractivity contribution in [1.29, 1.82) is 0 Å². The number of hydrogen-bond donors (Lipinski definition) is 4. The molecule has 1 aromatic rings. The first-order valence-electron chi connectivity index (χ1n) is 5.12. The molecule has 2 unspecified atom stereocenters. The lowest BCUT2D eigenvalue weighted by molar-refractivity contribution is 0.0148. The molecule has 0 aliphatic heterocycles. The molecule has 0 aromatic heterocycles. The fourth-order valence-electron chi connectivity index (χ4n) is 1.49. The largest absolute Gasteiger partial charge is 0.478 e. The van der Waals surface area contributed by atoms with E-state index in [1.807, 2.05) is 0 Å². The Balaban J connectivity index is 3.15. The second kappa shape index (κ2) is 5.99. The Bertz CT molecular complexity index is 455. The summed E-state index contributed by atoms with van der Waals surface area (Å²) in [5.74, 6) is -2.13. The Morgan fingerprint density at radius 3 is 2.56 bits per heavy atom. The van der Waals surface area contributed by atoms with Crippen LogP contribution in [0, 0.1) is 5.82 Å². The lowest BCUT2D eigenvalue weighted by Crippen LogP contribution is -2.20. The van der Waals surface area contributed by atoms with Crippen molar-refractivity contribution < 1.29 is 24.5 Å². The third kappa shape index (κ3) is 3.10. The van der Waals surface area contributed by atoms with E-state index in [2.05, 4.69) is 0 Å². The van der Waals surface area contributed by atoms with Gasteiger partial charge in [0.2, 0.25) is 0 Å². The molecule has 0 amide bonds. The zero-order valence-corrected chi connectivity index (χ0v) is 10.1. The summed E-state index contributed by atoms with van der Waals surface area (Å²) in [6, 6.07) is 1.71. The quantitative estimate of drug-likeness (QED) is 0.477. The molecule has 5 N–H and O–H groups in total. The smallest absolute Gasteiger partial charge is 0.337 e. The van der Waals surface area contributed by atoms with Crippen molar-refractivity contribution in [3.05, 3.63) is 29.1 Å². The highest BCUT2D eigenvalue weighted by atomic mass is 35.5. The van der Waals surface area contributed by atoms with Crippen LogP contribution in [0.3, 0.4) is 0 Å². The number of alkyl halides is 1. The highest BCUT2D eigenvalue weighted by molar-refractivity contribution is 6.17. The number of hydrogen-bond acceptors (Lipinski definition) is 4. The number of carboxylic acid groups (broad SMARTS) is 1. The molecule has 7 heteroatoms. The Hall–Kier alpha value is -1.37. The minimum absolute atomic E-state index is 0.0505. The van der Waals surface area contributed by atoms with Crippen LogP contribution < -0.4 is 5.73 Å². The van der Waals surface area contributed by atoms with Crippen LogP contribution in [0.15, 0.2) is 12.1 Å². The van der Waals surface area contributed by atoms with Crippen molar-refractivity contribution in [1.82, 2.24) is 0 Å². The predicted octanol–water partition coefficient (Wildman–Crippen LogP) is 1.13. The van der Waals surface area contributed by atoms with Gasteiger partial charge in [0.1, 0.15) is 11.9 Å². The minimum atomic E-state index is -1.55. The zero-order chi connectivity index (χ0) is 13.9. The summed E-state index contributed by atoms with van der Waals surface area (Å²) in [6.45, 7) is 0. The number of aromatic carboxylic acids is 1. The summed E-state index contributed by atoms with van der Waals surface area (Å²) in [5.41, 5.74) is 4.44. The normalized spacial score (nSPS) is 14.2. The van der Waals surface area contributed by atoms with Crippen LogP contribution in [0.4, 0.5) is 10.1 Å². The molecule has 1 rings (SSSR count). The molecule has 5 nitrogen and oxygen atoms in total. The Morgan fingerprint density at radius 1 is 1.44 bits per heavy atom. The van der Waals surface area contributed by atoms with E-state index in [1.54, 1.807) is 0 Å². The third-order valence-electron chi connectivity index (χ3n) is 2.49. The number of aliphatic hydroxyl groups excluding tert-OH is 2. The van der Waals surface area contributed by atoms with Crippen LogP contribution in [0.5, 0.6) is 0 Å². The molecule has 0 fully saturated rings. The molecule has 0 bridgehead atoms. The van der Waals surface area contributed by atoms with Crippen molar-refractivity contribution in [3.63, 3.8) is 0 Å². The van der Waals surface area contributed by atoms with Gasteiger partial charge in [-0.3, -0.25) is 0 Å². The van der Waals surface area contributed by atoms with Crippen LogP contribution in [-0.4, -0.2) is 33.3 Å². The zero-order valence-electron chi connectivity index (χ0n) is 9.31. The van der Waals surface area contributed by atoms with Gasteiger partial charge in [-0.15, -0.1) is 11.6 Å². The van der Waals surface area contributed by atoms with Crippen LogP contribution in [0.2, 0.25) is 0 Å². The summed E-state index contributed by atoms with van der Waals surface area (Å²) >= 11 is 5.40. The number of rotatable bonds is 5. The fourth-order valence-corrected chi connectivity index (χ4v) is 1.72. The topological polar surface area (TPSA) is 104 Å². The maximum atomic E-state index is 13.6. The number of benzene rings is 1. The van der Waals surface area contributed by atoms with E-state index >= 15 is 0 Å². The standard InChI is InChI=1S/C11H13ClFNO4/c12-2-1-9(15)10(16)5-3-6(11(17)18)8(14)4-7(5)13/h3-4,9-10,15-16H,1-2,14H2,(H,17,18). The summed E-state index contributed by atoms with van der Waals surface area (Å²) in [7, 11) is 0. The van der Waals surface area contributed by atoms with Crippen LogP contribution >= 0.6 is 11.6 Å². The van der Waals surface area contributed by atoms with Gasteiger partial charge in [0, 0.05) is 17.1 Å². The fraction of sp³-hybridized carbons (Fsp3) is 0.364. The molecule has 100 valence electrons. The number of nitrogen functional groups attached to an aromatic ring is 1. The number of carboxylic acids is 1. The Morgan fingerprint density at radius 2 is 2.06 bits per heavy atom. The lowest BCUT2D eigenvalue weighted by atomic mass is 9.99. The van der Waals surface area contributed by atoms with E-state index in [1.165, 1.54) is 0 Å². The summed E-state index contributed by atoms with van der Waals surface area (Å²) in [6.07, 6.45) is -2.78. The summed E-state index contributed by atoms with van der Waals surface area (Å²) in [5, 5.41) is 28.1. The third-order valence-corrected chi connectivity index (χ3v) is 2.71. The van der Waals surface area contributed by atoms with Gasteiger partial charge in [-0.25, -0.2) is 9.18 Å². The molecule has 0 spiro atoms. The van der Waals surface area contributed by atoms with Gasteiger partial charge >= 0.3 is 5.97 Å². The molecule has 0 aliphatic carbocycles. The van der Waals surface area contributed by atoms with Gasteiger partial charge in [-0.05, 0) is 18.6 Å². The van der Waals surface area contributed by atoms with E-state index < -0.39 is 24.0 Å². The number of halogens is 2. The maximum absolute atomic E-state index is 13.6. The van der Waals surface area contributed by atoms with Crippen molar-refractivity contribution in [3.8, 4) is 0 Å². The van der Waals surface area contributed by atoms with E-state index in [-0.39, 0.29) is 29.1 Å². The van der Waals surface area contributed by atoms with Gasteiger partial charge in [0.25, 0.3) is 0 Å². The Kier molecular flexibility index (Phi) is 4.89. The summed E-state index contributed by atoms with van der Waals surface area (Å²) < 4.78 is 13.6. The van der Waals surface area contributed by atoms with Gasteiger partial charge in [-0.1, -0.05) is 0 Å². The van der Waals surface area contributed by atoms with Gasteiger partial charge < -0.3 is 21.1 Å². The molecule has 18 heavy (non-hydrogen) atoms. The second-order valence-electron chi connectivity index (χ2n) is 3.76.